The topological polar surface area (TPSA) is 95.9 Å². The molecule has 1 unspecified atom stereocenters. The van der Waals surface area contributed by atoms with Gasteiger partial charge in [-0.1, -0.05) is 43.3 Å². The van der Waals surface area contributed by atoms with E-state index in [9.17, 15) is 19.5 Å². The molecule has 0 aromatic heterocycles. The molecule has 7 nitrogen and oxygen atoms in total. The molecule has 1 fully saturated rings. The second-order valence-corrected chi connectivity index (χ2v) is 8.22. The Labute approximate surface area is 203 Å². The number of hydrogen-bond donors (Lipinski definition) is 2. The normalized spacial score (nSPS) is 16.9. The van der Waals surface area contributed by atoms with Crippen molar-refractivity contribution in [2.45, 2.75) is 26.3 Å². The molecule has 178 valence electrons. The summed E-state index contributed by atoms with van der Waals surface area (Å²) in [5.74, 6) is -1.34. The van der Waals surface area contributed by atoms with Crippen LogP contribution in [0, 0.1) is 0 Å². The van der Waals surface area contributed by atoms with Crippen LogP contribution < -0.4 is 15.0 Å². The van der Waals surface area contributed by atoms with Crippen LogP contribution in [0.15, 0.2) is 78.4 Å². The second-order valence-electron chi connectivity index (χ2n) is 8.22. The zero-order valence-electron chi connectivity index (χ0n) is 19.7. The third-order valence-corrected chi connectivity index (χ3v) is 5.98. The molecule has 1 saturated heterocycles. The predicted octanol–water partition coefficient (Wildman–Crippen LogP) is 4.84. The van der Waals surface area contributed by atoms with Crippen molar-refractivity contribution in [2.75, 3.05) is 17.3 Å². The summed E-state index contributed by atoms with van der Waals surface area (Å²) in [6.07, 6.45) is 0.839. The summed E-state index contributed by atoms with van der Waals surface area (Å²) in [5.41, 5.74) is 3.22. The highest BCUT2D eigenvalue weighted by Crippen LogP contribution is 2.42. The van der Waals surface area contributed by atoms with E-state index in [-0.39, 0.29) is 17.2 Å². The third-order valence-electron chi connectivity index (χ3n) is 5.98. The molecule has 1 atom stereocenters. The number of aliphatic hydroxyl groups excluding tert-OH is 1. The van der Waals surface area contributed by atoms with Gasteiger partial charge in [0.05, 0.1) is 18.7 Å². The minimum Gasteiger partial charge on any atom is -0.507 e. The maximum absolute atomic E-state index is 13.3. The van der Waals surface area contributed by atoms with Crippen molar-refractivity contribution in [3.63, 3.8) is 0 Å². The molecule has 1 aliphatic rings. The molecule has 3 aromatic carbocycles. The van der Waals surface area contributed by atoms with Crippen LogP contribution in [-0.2, 0) is 20.8 Å². The summed E-state index contributed by atoms with van der Waals surface area (Å²) < 4.78 is 5.25. The first-order valence-electron chi connectivity index (χ1n) is 11.3. The van der Waals surface area contributed by atoms with Crippen molar-refractivity contribution in [2.24, 2.45) is 0 Å². The molecule has 0 aliphatic carbocycles. The number of amides is 2. The van der Waals surface area contributed by atoms with Gasteiger partial charge in [-0.05, 0) is 53.9 Å². The summed E-state index contributed by atoms with van der Waals surface area (Å²) in [4.78, 5) is 39.2. The number of aliphatic hydroxyl groups is 1. The van der Waals surface area contributed by atoms with Crippen LogP contribution in [-0.4, -0.2) is 29.8 Å². The fourth-order valence-corrected chi connectivity index (χ4v) is 4.16. The quantitative estimate of drug-likeness (QED) is 0.305. The van der Waals surface area contributed by atoms with Gasteiger partial charge in [0.1, 0.15) is 11.5 Å². The lowest BCUT2D eigenvalue weighted by molar-refractivity contribution is -0.132. The zero-order valence-corrected chi connectivity index (χ0v) is 19.7. The molecule has 2 N–H and O–H groups in total. The van der Waals surface area contributed by atoms with E-state index >= 15 is 0 Å². The van der Waals surface area contributed by atoms with Crippen LogP contribution in [0.3, 0.4) is 0 Å². The highest BCUT2D eigenvalue weighted by molar-refractivity contribution is 6.51. The fraction of sp³-hybridized carbons (Fsp3) is 0.179. The monoisotopic (exact) mass is 470 g/mol. The Morgan fingerprint density at radius 3 is 2.14 bits per heavy atom. The minimum absolute atomic E-state index is 0.00959. The Balaban J connectivity index is 1.85. The molecule has 7 heteroatoms. The number of carbonyl (C=O) groups is 3. The first-order chi connectivity index (χ1) is 16.8. The van der Waals surface area contributed by atoms with E-state index in [1.807, 2.05) is 19.1 Å². The van der Waals surface area contributed by atoms with Crippen LogP contribution in [0.4, 0.5) is 11.4 Å². The minimum atomic E-state index is -0.849. The number of ketones is 1. The summed E-state index contributed by atoms with van der Waals surface area (Å²) in [6.45, 7) is 3.43. The first-order valence-corrected chi connectivity index (χ1v) is 11.3. The zero-order chi connectivity index (χ0) is 25.1. The van der Waals surface area contributed by atoms with E-state index < -0.39 is 17.7 Å². The Morgan fingerprint density at radius 2 is 1.60 bits per heavy atom. The number of nitrogens with one attached hydrogen (secondary N) is 1. The van der Waals surface area contributed by atoms with E-state index in [0.717, 1.165) is 12.0 Å². The summed E-state index contributed by atoms with van der Waals surface area (Å²) in [6, 6.07) is 20.0. The average molecular weight is 471 g/mol. The average Bonchev–Trinajstić information content (AvgIpc) is 3.14. The van der Waals surface area contributed by atoms with E-state index in [0.29, 0.717) is 28.3 Å². The molecule has 1 aliphatic heterocycles. The van der Waals surface area contributed by atoms with Crippen LogP contribution in [0.2, 0.25) is 0 Å². The smallest absolute Gasteiger partial charge is 0.300 e. The van der Waals surface area contributed by atoms with Crippen LogP contribution in [0.5, 0.6) is 5.75 Å². The number of aryl methyl sites for hydroxylation is 1. The van der Waals surface area contributed by atoms with Crippen LogP contribution in [0.1, 0.15) is 36.6 Å². The number of benzene rings is 3. The van der Waals surface area contributed by atoms with E-state index in [2.05, 4.69) is 5.32 Å². The van der Waals surface area contributed by atoms with Crippen LogP contribution >= 0.6 is 0 Å². The summed E-state index contributed by atoms with van der Waals surface area (Å²) in [5, 5.41) is 13.9. The Morgan fingerprint density at radius 1 is 0.971 bits per heavy atom. The molecule has 35 heavy (non-hydrogen) atoms. The fourth-order valence-electron chi connectivity index (χ4n) is 4.16. The van der Waals surface area contributed by atoms with E-state index in [4.69, 9.17) is 4.74 Å². The molecular formula is C28H26N2O5. The Bertz CT molecular complexity index is 1290. The molecule has 2 amide bonds. The second kappa shape index (κ2) is 9.85. The Hall–Kier alpha value is -4.39. The van der Waals surface area contributed by atoms with Gasteiger partial charge >= 0.3 is 0 Å². The number of anilines is 2. The lowest BCUT2D eigenvalue weighted by atomic mass is 9.94. The third kappa shape index (κ3) is 4.66. The largest absolute Gasteiger partial charge is 0.507 e. The molecule has 0 radical (unpaired) electrons. The SMILES string of the molecule is CCc1ccc(/C(O)=C2\C(=O)C(=O)N(c3ccc(NC(C)=O)cc3)C2c2ccc(OC)cc2)cc1. The number of carbonyl (C=O) groups excluding carboxylic acids is 3. The highest BCUT2D eigenvalue weighted by atomic mass is 16.5. The predicted molar refractivity (Wildman–Crippen MR) is 134 cm³/mol. The van der Waals surface area contributed by atoms with Gasteiger partial charge in [0.15, 0.2) is 0 Å². The maximum atomic E-state index is 13.3. The van der Waals surface area contributed by atoms with Gasteiger partial charge in [-0.15, -0.1) is 0 Å². The first kappa shape index (κ1) is 23.8. The molecule has 1 heterocycles. The molecule has 0 saturated carbocycles. The molecular weight excluding hydrogens is 444 g/mol. The van der Waals surface area contributed by atoms with Crippen molar-refractivity contribution in [1.82, 2.24) is 0 Å². The Kier molecular flexibility index (Phi) is 6.68. The molecule has 0 bridgehead atoms. The van der Waals surface area contributed by atoms with Crippen molar-refractivity contribution in [3.05, 3.63) is 95.1 Å². The molecule has 0 spiro atoms. The summed E-state index contributed by atoms with van der Waals surface area (Å²) >= 11 is 0. The van der Waals surface area contributed by atoms with E-state index in [1.165, 1.54) is 11.8 Å². The van der Waals surface area contributed by atoms with Gasteiger partial charge < -0.3 is 15.2 Å². The number of nitrogens with zero attached hydrogens (tertiary/aromatic N) is 1. The van der Waals surface area contributed by atoms with Crippen LogP contribution in [0.25, 0.3) is 5.76 Å². The number of ether oxygens (including phenoxy) is 1. The van der Waals surface area contributed by atoms with Gasteiger partial charge in [0, 0.05) is 23.9 Å². The lowest BCUT2D eigenvalue weighted by Gasteiger charge is -2.25. The maximum Gasteiger partial charge on any atom is 0.300 e. The number of hydrogen-bond acceptors (Lipinski definition) is 5. The molecule has 3 aromatic rings. The standard InChI is InChI=1S/C28H26N2O5/c1-4-18-5-7-20(8-6-18)26(32)24-25(19-9-15-23(35-3)16-10-19)30(28(34)27(24)33)22-13-11-21(12-14-22)29-17(2)31/h5-16,25,32H,4H2,1-3H3,(H,29,31)/b26-24+. The van der Waals surface area contributed by atoms with Crippen molar-refractivity contribution in [1.29, 1.82) is 0 Å². The van der Waals surface area contributed by atoms with Crippen molar-refractivity contribution < 1.29 is 24.2 Å². The number of rotatable bonds is 6. The van der Waals surface area contributed by atoms with Gasteiger partial charge in [0.25, 0.3) is 11.7 Å². The van der Waals surface area contributed by atoms with Gasteiger partial charge in [-0.2, -0.15) is 0 Å². The lowest BCUT2D eigenvalue weighted by Crippen LogP contribution is -2.29. The van der Waals surface area contributed by atoms with Crippen molar-refractivity contribution >= 4 is 34.7 Å². The van der Waals surface area contributed by atoms with Gasteiger partial charge in [-0.3, -0.25) is 19.3 Å². The highest BCUT2D eigenvalue weighted by Gasteiger charge is 2.47. The number of Topliss-reactive ketones (excluding diaryl/α,β-unsaturated/α-hetero) is 1. The van der Waals surface area contributed by atoms with Crippen molar-refractivity contribution in [3.8, 4) is 5.75 Å². The molecule has 4 rings (SSSR count). The number of methoxy groups -OCH3 is 1. The summed E-state index contributed by atoms with van der Waals surface area (Å²) in [7, 11) is 1.55. The van der Waals surface area contributed by atoms with E-state index in [1.54, 1.807) is 67.8 Å². The van der Waals surface area contributed by atoms with Gasteiger partial charge in [0.2, 0.25) is 5.91 Å². The van der Waals surface area contributed by atoms with Gasteiger partial charge in [-0.25, -0.2) is 0 Å².